The van der Waals surface area contributed by atoms with Gasteiger partial charge in [0.25, 0.3) is 0 Å². The van der Waals surface area contributed by atoms with Gasteiger partial charge in [-0.1, -0.05) is 33.6 Å². The summed E-state index contributed by atoms with van der Waals surface area (Å²) in [5.74, 6) is 0.516. The van der Waals surface area contributed by atoms with E-state index in [0.29, 0.717) is 11.5 Å². The Labute approximate surface area is 130 Å². The van der Waals surface area contributed by atoms with Crippen LogP contribution in [0.4, 0.5) is 4.39 Å². The lowest BCUT2D eigenvalue weighted by molar-refractivity contribution is 0.476. The van der Waals surface area contributed by atoms with Crippen LogP contribution in [-0.2, 0) is 6.42 Å². The minimum atomic E-state index is -0.503. The van der Waals surface area contributed by atoms with Gasteiger partial charge in [0.05, 0.1) is 5.02 Å². The third-order valence-electron chi connectivity index (χ3n) is 2.69. The van der Waals surface area contributed by atoms with E-state index in [1.165, 1.54) is 12.1 Å². The molecular formula is C15H14BrClFNO. The summed E-state index contributed by atoms with van der Waals surface area (Å²) in [5.41, 5.74) is 6.89. The molecular weight excluding hydrogens is 345 g/mol. The fraction of sp³-hybridized carbons (Fsp3) is 0.200. The summed E-state index contributed by atoms with van der Waals surface area (Å²) in [7, 11) is 0. The number of hydrogen-bond donors (Lipinski definition) is 1. The van der Waals surface area contributed by atoms with Gasteiger partial charge >= 0.3 is 0 Å². The van der Waals surface area contributed by atoms with E-state index in [1.807, 2.05) is 25.1 Å². The fourth-order valence-electron chi connectivity index (χ4n) is 1.78. The van der Waals surface area contributed by atoms with Crippen molar-refractivity contribution in [2.24, 2.45) is 5.73 Å². The van der Waals surface area contributed by atoms with E-state index in [2.05, 4.69) is 15.9 Å². The summed E-state index contributed by atoms with van der Waals surface area (Å²) in [6, 6.07) is 10.0. The van der Waals surface area contributed by atoms with E-state index in [0.717, 1.165) is 16.5 Å². The van der Waals surface area contributed by atoms with Crippen molar-refractivity contribution >= 4 is 27.5 Å². The number of nitrogens with two attached hydrogens (primary N) is 1. The van der Waals surface area contributed by atoms with Crippen LogP contribution >= 0.6 is 27.5 Å². The molecule has 2 nitrogen and oxygen atoms in total. The first-order chi connectivity index (χ1) is 9.45. The fourth-order valence-corrected chi connectivity index (χ4v) is 2.42. The molecule has 0 fully saturated rings. The molecule has 0 amide bonds. The summed E-state index contributed by atoms with van der Waals surface area (Å²) in [6.07, 6.45) is 0.774. The summed E-state index contributed by atoms with van der Waals surface area (Å²) in [5, 5.41) is 0.0748. The van der Waals surface area contributed by atoms with Crippen molar-refractivity contribution in [2.45, 2.75) is 19.4 Å². The van der Waals surface area contributed by atoms with Crippen LogP contribution in [0.25, 0.3) is 0 Å². The van der Waals surface area contributed by atoms with Crippen molar-refractivity contribution in [3.63, 3.8) is 0 Å². The van der Waals surface area contributed by atoms with Crippen LogP contribution in [0.1, 0.15) is 12.5 Å². The number of rotatable bonds is 4. The van der Waals surface area contributed by atoms with Crippen molar-refractivity contribution in [3.05, 3.63) is 57.3 Å². The van der Waals surface area contributed by atoms with E-state index in [1.54, 1.807) is 6.07 Å². The average molecular weight is 359 g/mol. The minimum absolute atomic E-state index is 0.0748. The molecule has 0 aliphatic rings. The standard InChI is InChI=1S/C15H14BrClFNO/c1-9(19)6-10-2-3-11(7-13(10)16)20-12-4-5-14(17)15(18)8-12/h2-5,7-9H,6,19H2,1H3. The van der Waals surface area contributed by atoms with Crippen LogP contribution in [0, 0.1) is 5.82 Å². The van der Waals surface area contributed by atoms with Gasteiger partial charge in [0.1, 0.15) is 17.3 Å². The summed E-state index contributed by atoms with van der Waals surface area (Å²) < 4.78 is 19.8. The lowest BCUT2D eigenvalue weighted by Gasteiger charge is -2.11. The number of ether oxygens (including phenoxy) is 1. The number of hydrogen-bond acceptors (Lipinski definition) is 2. The second kappa shape index (κ2) is 6.57. The largest absolute Gasteiger partial charge is 0.457 e. The molecule has 0 radical (unpaired) electrons. The van der Waals surface area contributed by atoms with Gasteiger partial charge in [-0.2, -0.15) is 0 Å². The normalized spacial score (nSPS) is 12.2. The van der Waals surface area contributed by atoms with Gasteiger partial charge in [0, 0.05) is 16.6 Å². The van der Waals surface area contributed by atoms with E-state index in [-0.39, 0.29) is 11.1 Å². The molecule has 106 valence electrons. The van der Waals surface area contributed by atoms with Gasteiger partial charge in [0.2, 0.25) is 0 Å². The summed E-state index contributed by atoms with van der Waals surface area (Å²) in [6.45, 7) is 1.95. The van der Waals surface area contributed by atoms with Crippen molar-refractivity contribution < 1.29 is 9.13 Å². The highest BCUT2D eigenvalue weighted by Gasteiger charge is 2.07. The van der Waals surface area contributed by atoms with E-state index >= 15 is 0 Å². The monoisotopic (exact) mass is 357 g/mol. The smallest absolute Gasteiger partial charge is 0.145 e. The molecule has 0 saturated heterocycles. The minimum Gasteiger partial charge on any atom is -0.457 e. The van der Waals surface area contributed by atoms with Gasteiger partial charge in [-0.05, 0) is 43.2 Å². The Bertz CT molecular complexity index is 619. The van der Waals surface area contributed by atoms with Gasteiger partial charge in [-0.15, -0.1) is 0 Å². The Morgan fingerprint density at radius 3 is 2.50 bits per heavy atom. The maximum absolute atomic E-state index is 13.3. The Hall–Kier alpha value is -1.10. The molecule has 20 heavy (non-hydrogen) atoms. The van der Waals surface area contributed by atoms with E-state index < -0.39 is 5.82 Å². The van der Waals surface area contributed by atoms with Gasteiger partial charge < -0.3 is 10.5 Å². The molecule has 5 heteroatoms. The maximum Gasteiger partial charge on any atom is 0.145 e. The molecule has 2 aromatic carbocycles. The number of benzene rings is 2. The molecule has 0 saturated carbocycles. The lowest BCUT2D eigenvalue weighted by Crippen LogP contribution is -2.17. The first kappa shape index (κ1) is 15.3. The molecule has 0 heterocycles. The van der Waals surface area contributed by atoms with Crippen LogP contribution in [-0.4, -0.2) is 6.04 Å². The molecule has 0 aliphatic carbocycles. The first-order valence-electron chi connectivity index (χ1n) is 6.12. The van der Waals surface area contributed by atoms with Crippen molar-refractivity contribution in [3.8, 4) is 11.5 Å². The molecule has 2 N–H and O–H groups in total. The first-order valence-corrected chi connectivity index (χ1v) is 7.29. The summed E-state index contributed by atoms with van der Waals surface area (Å²) >= 11 is 9.11. The molecule has 0 aromatic heterocycles. The molecule has 0 aliphatic heterocycles. The van der Waals surface area contributed by atoms with Crippen LogP contribution in [0.5, 0.6) is 11.5 Å². The van der Waals surface area contributed by atoms with Crippen molar-refractivity contribution in [2.75, 3.05) is 0 Å². The van der Waals surface area contributed by atoms with Crippen LogP contribution < -0.4 is 10.5 Å². The predicted molar refractivity (Wildman–Crippen MR) is 83.0 cm³/mol. The predicted octanol–water partition coefficient (Wildman–Crippen LogP) is 4.92. The molecule has 1 unspecified atom stereocenters. The second-order valence-corrected chi connectivity index (χ2v) is 5.87. The van der Waals surface area contributed by atoms with Crippen molar-refractivity contribution in [1.29, 1.82) is 0 Å². The molecule has 0 bridgehead atoms. The highest BCUT2D eigenvalue weighted by atomic mass is 79.9. The van der Waals surface area contributed by atoms with Crippen LogP contribution in [0.2, 0.25) is 5.02 Å². The number of halogens is 3. The molecule has 1 atom stereocenters. The van der Waals surface area contributed by atoms with Crippen LogP contribution in [0.3, 0.4) is 0 Å². The van der Waals surface area contributed by atoms with Gasteiger partial charge in [0.15, 0.2) is 0 Å². The molecule has 0 spiro atoms. The highest BCUT2D eigenvalue weighted by molar-refractivity contribution is 9.10. The third-order valence-corrected chi connectivity index (χ3v) is 3.74. The van der Waals surface area contributed by atoms with Gasteiger partial charge in [-0.3, -0.25) is 0 Å². The molecule has 2 rings (SSSR count). The molecule has 2 aromatic rings. The zero-order chi connectivity index (χ0) is 14.7. The topological polar surface area (TPSA) is 35.2 Å². The SMILES string of the molecule is CC(N)Cc1ccc(Oc2ccc(Cl)c(F)c2)cc1Br. The second-order valence-electron chi connectivity index (χ2n) is 4.61. The third kappa shape index (κ3) is 3.95. The summed E-state index contributed by atoms with van der Waals surface area (Å²) in [4.78, 5) is 0. The Kier molecular flexibility index (Phi) is 5.02. The lowest BCUT2D eigenvalue weighted by atomic mass is 10.1. The van der Waals surface area contributed by atoms with Crippen molar-refractivity contribution in [1.82, 2.24) is 0 Å². The van der Waals surface area contributed by atoms with Crippen LogP contribution in [0.15, 0.2) is 40.9 Å². The Morgan fingerprint density at radius 2 is 1.90 bits per heavy atom. The quantitative estimate of drug-likeness (QED) is 0.841. The van der Waals surface area contributed by atoms with Gasteiger partial charge in [-0.25, -0.2) is 4.39 Å². The Morgan fingerprint density at radius 1 is 1.25 bits per heavy atom. The maximum atomic E-state index is 13.3. The zero-order valence-corrected chi connectivity index (χ0v) is 13.2. The van der Waals surface area contributed by atoms with E-state index in [4.69, 9.17) is 22.1 Å². The average Bonchev–Trinajstić information content (AvgIpc) is 2.37. The van der Waals surface area contributed by atoms with E-state index in [9.17, 15) is 4.39 Å². The zero-order valence-electron chi connectivity index (χ0n) is 10.9. The highest BCUT2D eigenvalue weighted by Crippen LogP contribution is 2.29. The Balaban J connectivity index is 2.17.